The molecule has 3 N–H and O–H groups in total. The third-order valence-electron chi connectivity index (χ3n) is 5.80. The number of amides is 1. The molecule has 5 heteroatoms. The third-order valence-corrected chi connectivity index (χ3v) is 6.03. The zero-order chi connectivity index (χ0) is 17.6. The molecule has 1 aliphatic carbocycles. The van der Waals surface area contributed by atoms with Gasteiger partial charge in [0.05, 0.1) is 0 Å². The summed E-state index contributed by atoms with van der Waals surface area (Å²) in [5.74, 6) is 1.07. The molecule has 1 heterocycles. The number of piperazine rings is 1. The number of halogens is 1. The number of hydrogen-bond donors (Lipinski definition) is 3. The fourth-order valence-corrected chi connectivity index (χ4v) is 4.37. The Kier molecular flexibility index (Phi) is 6.74. The van der Waals surface area contributed by atoms with E-state index in [1.165, 1.54) is 23.3 Å². The summed E-state index contributed by atoms with van der Waals surface area (Å²) in [6.45, 7) is 8.37. The van der Waals surface area contributed by atoms with Crippen LogP contribution in [0, 0.1) is 5.92 Å². The second kappa shape index (κ2) is 9.02. The Morgan fingerprint density at radius 2 is 1.80 bits per heavy atom. The SMILES string of the molecule is CC1CCC(NC(=O)C[NH+]2CC[NH+](Cc3cccc(Cl)c3)CC2)CC1. The van der Waals surface area contributed by atoms with Crippen LogP contribution in [0.2, 0.25) is 5.02 Å². The van der Waals surface area contributed by atoms with Crippen molar-refractivity contribution >= 4 is 17.5 Å². The zero-order valence-corrected chi connectivity index (χ0v) is 16.1. The molecule has 1 aliphatic heterocycles. The van der Waals surface area contributed by atoms with Crippen molar-refractivity contribution in [1.82, 2.24) is 5.32 Å². The molecule has 0 radical (unpaired) electrons. The first-order valence-electron chi connectivity index (χ1n) is 9.79. The highest BCUT2D eigenvalue weighted by atomic mass is 35.5. The maximum atomic E-state index is 12.3. The summed E-state index contributed by atoms with van der Waals surface area (Å²) in [6.07, 6.45) is 4.81. The van der Waals surface area contributed by atoms with Gasteiger partial charge in [-0.1, -0.05) is 30.7 Å². The third kappa shape index (κ3) is 5.98. The predicted molar refractivity (Wildman–Crippen MR) is 101 cm³/mol. The van der Waals surface area contributed by atoms with E-state index >= 15 is 0 Å². The summed E-state index contributed by atoms with van der Waals surface area (Å²) in [5.41, 5.74) is 1.30. The van der Waals surface area contributed by atoms with Gasteiger partial charge in [-0.15, -0.1) is 0 Å². The first-order chi connectivity index (χ1) is 12.1. The van der Waals surface area contributed by atoms with E-state index in [1.54, 1.807) is 4.90 Å². The maximum absolute atomic E-state index is 12.3. The molecule has 1 saturated carbocycles. The van der Waals surface area contributed by atoms with Crippen LogP contribution in [-0.2, 0) is 11.3 Å². The van der Waals surface area contributed by atoms with Gasteiger partial charge < -0.3 is 15.1 Å². The molecule has 4 nitrogen and oxygen atoms in total. The second-order valence-electron chi connectivity index (χ2n) is 8.01. The monoisotopic (exact) mass is 365 g/mol. The van der Waals surface area contributed by atoms with Crippen molar-refractivity contribution in [3.63, 3.8) is 0 Å². The van der Waals surface area contributed by atoms with Crippen LogP contribution < -0.4 is 15.1 Å². The summed E-state index contributed by atoms with van der Waals surface area (Å²) >= 11 is 6.07. The summed E-state index contributed by atoms with van der Waals surface area (Å²) in [7, 11) is 0. The van der Waals surface area contributed by atoms with Gasteiger partial charge in [0.25, 0.3) is 5.91 Å². The van der Waals surface area contributed by atoms with Crippen molar-refractivity contribution in [3.05, 3.63) is 34.9 Å². The number of carbonyl (C=O) groups is 1. The molecule has 2 fully saturated rings. The highest BCUT2D eigenvalue weighted by molar-refractivity contribution is 6.30. The number of benzene rings is 1. The number of carbonyl (C=O) groups excluding carboxylic acids is 1. The van der Waals surface area contributed by atoms with E-state index in [-0.39, 0.29) is 5.91 Å². The molecule has 1 amide bonds. The average Bonchev–Trinajstić information content (AvgIpc) is 2.59. The van der Waals surface area contributed by atoms with Gasteiger partial charge >= 0.3 is 0 Å². The molecular weight excluding hydrogens is 334 g/mol. The van der Waals surface area contributed by atoms with Gasteiger partial charge in [0.15, 0.2) is 6.54 Å². The molecule has 3 rings (SSSR count). The van der Waals surface area contributed by atoms with E-state index in [1.807, 2.05) is 12.1 Å². The lowest BCUT2D eigenvalue weighted by Gasteiger charge is -2.31. The van der Waals surface area contributed by atoms with Crippen LogP contribution in [-0.4, -0.2) is 44.7 Å². The molecule has 25 heavy (non-hydrogen) atoms. The van der Waals surface area contributed by atoms with Crippen LogP contribution in [0.3, 0.4) is 0 Å². The molecule has 0 unspecified atom stereocenters. The van der Waals surface area contributed by atoms with Crippen LogP contribution in [0.15, 0.2) is 24.3 Å². The fraction of sp³-hybridized carbons (Fsp3) is 0.650. The minimum absolute atomic E-state index is 0.243. The van der Waals surface area contributed by atoms with Crippen LogP contribution in [0.25, 0.3) is 0 Å². The van der Waals surface area contributed by atoms with Crippen LogP contribution in [0.1, 0.15) is 38.2 Å². The Balaban J connectivity index is 1.36. The van der Waals surface area contributed by atoms with Crippen molar-refractivity contribution in [1.29, 1.82) is 0 Å². The molecule has 0 bridgehead atoms. The summed E-state index contributed by atoms with van der Waals surface area (Å²) < 4.78 is 0. The Morgan fingerprint density at radius 3 is 2.48 bits per heavy atom. The average molecular weight is 366 g/mol. The largest absolute Gasteiger partial charge is 0.348 e. The van der Waals surface area contributed by atoms with E-state index in [0.29, 0.717) is 12.6 Å². The van der Waals surface area contributed by atoms with Crippen LogP contribution >= 0.6 is 11.6 Å². The van der Waals surface area contributed by atoms with Gasteiger partial charge in [0, 0.05) is 16.6 Å². The molecule has 1 aromatic rings. The Bertz CT molecular complexity index is 564. The smallest absolute Gasteiger partial charge is 0.275 e. The topological polar surface area (TPSA) is 38.0 Å². The second-order valence-corrected chi connectivity index (χ2v) is 8.44. The lowest BCUT2D eigenvalue weighted by molar-refractivity contribution is -1.02. The minimum Gasteiger partial charge on any atom is -0.348 e. The van der Waals surface area contributed by atoms with Crippen LogP contribution in [0.4, 0.5) is 0 Å². The van der Waals surface area contributed by atoms with Crippen molar-refractivity contribution in [2.45, 2.75) is 45.2 Å². The first-order valence-corrected chi connectivity index (χ1v) is 10.2. The molecule has 0 atom stereocenters. The lowest BCUT2D eigenvalue weighted by atomic mass is 9.87. The summed E-state index contributed by atoms with van der Waals surface area (Å²) in [5, 5.41) is 4.08. The highest BCUT2D eigenvalue weighted by Crippen LogP contribution is 2.23. The van der Waals surface area contributed by atoms with Crippen molar-refractivity contribution < 1.29 is 14.6 Å². The summed E-state index contributed by atoms with van der Waals surface area (Å²) in [6, 6.07) is 8.57. The normalized spacial score (nSPS) is 30.0. The van der Waals surface area contributed by atoms with Crippen molar-refractivity contribution in [3.8, 4) is 0 Å². The van der Waals surface area contributed by atoms with Gasteiger partial charge in [-0.2, -0.15) is 0 Å². The van der Waals surface area contributed by atoms with E-state index in [9.17, 15) is 4.79 Å². The molecule has 0 spiro atoms. The molecule has 1 saturated heterocycles. The molecule has 138 valence electrons. The number of hydrogen-bond acceptors (Lipinski definition) is 1. The van der Waals surface area contributed by atoms with Gasteiger partial charge in [0.1, 0.15) is 32.7 Å². The molecule has 0 aromatic heterocycles. The fourth-order valence-electron chi connectivity index (χ4n) is 4.16. The maximum Gasteiger partial charge on any atom is 0.275 e. The van der Waals surface area contributed by atoms with Gasteiger partial charge in [0.2, 0.25) is 0 Å². The van der Waals surface area contributed by atoms with Gasteiger partial charge in [-0.3, -0.25) is 4.79 Å². The number of rotatable bonds is 5. The molecule has 2 aliphatic rings. The van der Waals surface area contributed by atoms with E-state index in [4.69, 9.17) is 11.6 Å². The van der Waals surface area contributed by atoms with Crippen molar-refractivity contribution in [2.24, 2.45) is 5.92 Å². The predicted octanol–water partition coefficient (Wildman–Crippen LogP) is 0.318. The standard InChI is InChI=1S/C20H30ClN3O/c1-16-5-7-19(8-6-16)22-20(25)15-24-11-9-23(10-12-24)14-17-3-2-4-18(21)13-17/h2-4,13,16,19H,5-12,14-15H2,1H3,(H,22,25)/p+2. The minimum atomic E-state index is 0.243. The zero-order valence-electron chi connectivity index (χ0n) is 15.3. The lowest BCUT2D eigenvalue weighted by Crippen LogP contribution is -3.28. The van der Waals surface area contributed by atoms with E-state index in [2.05, 4.69) is 24.4 Å². The Morgan fingerprint density at radius 1 is 1.12 bits per heavy atom. The summed E-state index contributed by atoms with van der Waals surface area (Å²) in [4.78, 5) is 15.3. The van der Waals surface area contributed by atoms with Crippen molar-refractivity contribution in [2.75, 3.05) is 32.7 Å². The van der Waals surface area contributed by atoms with Gasteiger partial charge in [-0.05, 0) is 43.7 Å². The highest BCUT2D eigenvalue weighted by Gasteiger charge is 2.26. The number of nitrogens with one attached hydrogen (secondary N) is 3. The quantitative estimate of drug-likeness (QED) is 0.690. The molecular formula is C20H32ClN3O+2. The van der Waals surface area contributed by atoms with E-state index < -0.39 is 0 Å². The Labute approximate surface area is 156 Å². The van der Waals surface area contributed by atoms with Gasteiger partial charge in [-0.25, -0.2) is 0 Å². The molecule has 1 aromatic carbocycles. The van der Waals surface area contributed by atoms with E-state index in [0.717, 1.165) is 56.5 Å². The van der Waals surface area contributed by atoms with Crippen LogP contribution in [0.5, 0.6) is 0 Å². The number of quaternary nitrogens is 2. The first kappa shape index (κ1) is 18.7. The Hall–Kier alpha value is -1.10.